The molecule has 1 spiro atoms. The molecular formula is C20H17N3O6. The number of amides is 2. The average molecular weight is 395 g/mol. The van der Waals surface area contributed by atoms with Crippen molar-refractivity contribution in [3.8, 4) is 11.5 Å². The Bertz CT molecular complexity index is 1080. The Morgan fingerprint density at radius 1 is 1.28 bits per heavy atom. The van der Waals surface area contributed by atoms with Gasteiger partial charge in [-0.2, -0.15) is 0 Å². The molecule has 9 nitrogen and oxygen atoms in total. The lowest BCUT2D eigenvalue weighted by Crippen LogP contribution is -2.41. The van der Waals surface area contributed by atoms with Gasteiger partial charge in [0.1, 0.15) is 11.4 Å². The highest BCUT2D eigenvalue weighted by Gasteiger charge is 2.67. The number of aryl methyl sites for hydroxylation is 1. The summed E-state index contributed by atoms with van der Waals surface area (Å²) in [7, 11) is 0. The molecule has 4 aliphatic heterocycles. The van der Waals surface area contributed by atoms with E-state index in [4.69, 9.17) is 18.7 Å². The number of benzene rings is 1. The quantitative estimate of drug-likeness (QED) is 0.788. The van der Waals surface area contributed by atoms with E-state index in [9.17, 15) is 9.59 Å². The minimum Gasteiger partial charge on any atom is -0.454 e. The first-order valence-corrected chi connectivity index (χ1v) is 9.36. The minimum absolute atomic E-state index is 0.159. The Kier molecular flexibility index (Phi) is 3.21. The standard InChI is InChI=1S/C20H17N3O6/c1-10-6-15(22-29-10)23-8-20-5-4-13(28-20)16(17(20)19(23)25)18(24)21-11-2-3-12-14(7-11)27-9-26-12/h2-7,13,16-17H,8-9H2,1H3,(H,21,24)/t13?,16?,17?,20-/m0/s1. The summed E-state index contributed by atoms with van der Waals surface area (Å²) in [4.78, 5) is 27.9. The zero-order chi connectivity index (χ0) is 19.8. The molecule has 0 saturated carbocycles. The first-order valence-electron chi connectivity index (χ1n) is 9.36. The van der Waals surface area contributed by atoms with Crippen LogP contribution in [0.5, 0.6) is 11.5 Å². The molecule has 0 radical (unpaired) electrons. The number of aromatic nitrogens is 1. The number of carbonyl (C=O) groups excluding carboxylic acids is 2. The van der Waals surface area contributed by atoms with Gasteiger partial charge in [-0.3, -0.25) is 14.5 Å². The molecule has 2 aromatic rings. The van der Waals surface area contributed by atoms with Crippen LogP contribution in [0.2, 0.25) is 0 Å². The predicted molar refractivity (Wildman–Crippen MR) is 98.5 cm³/mol. The van der Waals surface area contributed by atoms with E-state index in [0.717, 1.165) is 0 Å². The number of anilines is 2. The lowest BCUT2D eigenvalue weighted by molar-refractivity contribution is -0.128. The third kappa shape index (κ3) is 2.27. The van der Waals surface area contributed by atoms with E-state index in [2.05, 4.69) is 10.5 Å². The maximum atomic E-state index is 13.2. The van der Waals surface area contributed by atoms with Crippen LogP contribution in [-0.2, 0) is 14.3 Å². The SMILES string of the molecule is Cc1cc(N2C[C@]34C=CC(O3)C(C(=O)Nc3ccc5c(c3)OCO5)C4C2=O)no1. The van der Waals surface area contributed by atoms with Crippen molar-refractivity contribution < 1.29 is 28.3 Å². The van der Waals surface area contributed by atoms with Gasteiger partial charge in [0.05, 0.1) is 24.5 Å². The Labute approximate surface area is 165 Å². The number of rotatable bonds is 3. The zero-order valence-corrected chi connectivity index (χ0v) is 15.5. The Hall–Kier alpha value is -3.33. The Morgan fingerprint density at radius 2 is 2.14 bits per heavy atom. The van der Waals surface area contributed by atoms with E-state index in [1.165, 1.54) is 4.90 Å². The van der Waals surface area contributed by atoms with Gasteiger partial charge in [0, 0.05) is 17.8 Å². The minimum atomic E-state index is -0.814. The number of fused-ring (bicyclic) bond motifs is 2. The van der Waals surface area contributed by atoms with Crippen LogP contribution in [0.25, 0.3) is 0 Å². The molecule has 6 rings (SSSR count). The summed E-state index contributed by atoms with van der Waals surface area (Å²) in [5.41, 5.74) is -0.236. The number of carbonyl (C=O) groups is 2. The van der Waals surface area contributed by atoms with E-state index < -0.39 is 23.5 Å². The maximum Gasteiger partial charge on any atom is 0.235 e. The molecule has 2 amide bonds. The highest BCUT2D eigenvalue weighted by Crippen LogP contribution is 2.52. The largest absolute Gasteiger partial charge is 0.454 e. The topological polar surface area (TPSA) is 103 Å². The predicted octanol–water partition coefficient (Wildman–Crippen LogP) is 1.64. The molecule has 2 bridgehead atoms. The summed E-state index contributed by atoms with van der Waals surface area (Å²) in [6.07, 6.45) is 3.34. The molecule has 2 fully saturated rings. The Morgan fingerprint density at radius 3 is 2.97 bits per heavy atom. The molecule has 9 heteroatoms. The molecule has 1 aromatic heterocycles. The van der Waals surface area contributed by atoms with Crippen LogP contribution in [-0.4, -0.2) is 42.0 Å². The van der Waals surface area contributed by atoms with Crippen LogP contribution in [0.3, 0.4) is 0 Å². The van der Waals surface area contributed by atoms with Gasteiger partial charge in [0.15, 0.2) is 17.3 Å². The third-order valence-electron chi connectivity index (χ3n) is 5.94. The molecule has 5 heterocycles. The number of hydrogen-bond donors (Lipinski definition) is 1. The molecule has 3 unspecified atom stereocenters. The molecule has 4 atom stereocenters. The maximum absolute atomic E-state index is 13.2. The lowest BCUT2D eigenvalue weighted by atomic mass is 9.77. The number of hydrogen-bond acceptors (Lipinski definition) is 7. The smallest absolute Gasteiger partial charge is 0.235 e. The van der Waals surface area contributed by atoms with Crippen molar-refractivity contribution >= 4 is 23.3 Å². The molecule has 2 saturated heterocycles. The highest BCUT2D eigenvalue weighted by atomic mass is 16.7. The van der Waals surface area contributed by atoms with E-state index in [1.807, 2.05) is 12.2 Å². The summed E-state index contributed by atoms with van der Waals surface area (Å²) >= 11 is 0. The molecule has 1 N–H and O–H groups in total. The molecular weight excluding hydrogens is 378 g/mol. The van der Waals surface area contributed by atoms with E-state index in [-0.39, 0.29) is 18.6 Å². The van der Waals surface area contributed by atoms with Gasteiger partial charge in [-0.15, -0.1) is 0 Å². The van der Waals surface area contributed by atoms with Crippen LogP contribution < -0.4 is 19.7 Å². The Balaban J connectivity index is 1.28. The second kappa shape index (κ2) is 5.60. The van der Waals surface area contributed by atoms with Crippen LogP contribution in [0.1, 0.15) is 5.76 Å². The second-order valence-corrected chi connectivity index (χ2v) is 7.68. The number of nitrogens with one attached hydrogen (secondary N) is 1. The van der Waals surface area contributed by atoms with Crippen molar-refractivity contribution in [2.45, 2.75) is 18.6 Å². The molecule has 0 aliphatic carbocycles. The lowest BCUT2D eigenvalue weighted by Gasteiger charge is -2.23. The van der Waals surface area contributed by atoms with Crippen LogP contribution in [0.15, 0.2) is 40.9 Å². The summed E-state index contributed by atoms with van der Waals surface area (Å²) in [6, 6.07) is 6.90. The summed E-state index contributed by atoms with van der Waals surface area (Å²) < 4.78 is 21.9. The summed E-state index contributed by atoms with van der Waals surface area (Å²) in [6.45, 7) is 2.23. The van der Waals surface area contributed by atoms with Gasteiger partial charge in [-0.05, 0) is 19.1 Å². The van der Waals surface area contributed by atoms with Gasteiger partial charge in [0.25, 0.3) is 0 Å². The van der Waals surface area contributed by atoms with Gasteiger partial charge < -0.3 is 24.1 Å². The van der Waals surface area contributed by atoms with Crippen LogP contribution in [0.4, 0.5) is 11.5 Å². The van der Waals surface area contributed by atoms with Crippen molar-refractivity contribution in [3.05, 3.63) is 42.2 Å². The average Bonchev–Trinajstić information content (AvgIpc) is 3.49. The van der Waals surface area contributed by atoms with Crippen molar-refractivity contribution in [2.24, 2.45) is 11.8 Å². The van der Waals surface area contributed by atoms with Crippen molar-refractivity contribution in [2.75, 3.05) is 23.6 Å². The van der Waals surface area contributed by atoms with Crippen molar-refractivity contribution in [1.29, 1.82) is 0 Å². The van der Waals surface area contributed by atoms with Gasteiger partial charge in [-0.25, -0.2) is 0 Å². The van der Waals surface area contributed by atoms with E-state index in [1.54, 1.807) is 31.2 Å². The third-order valence-corrected chi connectivity index (χ3v) is 5.94. The number of nitrogens with zero attached hydrogens (tertiary/aromatic N) is 2. The molecule has 148 valence electrons. The van der Waals surface area contributed by atoms with E-state index >= 15 is 0 Å². The molecule has 4 aliphatic rings. The van der Waals surface area contributed by atoms with Crippen molar-refractivity contribution in [3.63, 3.8) is 0 Å². The van der Waals surface area contributed by atoms with Gasteiger partial charge in [0.2, 0.25) is 18.6 Å². The van der Waals surface area contributed by atoms with Crippen molar-refractivity contribution in [1.82, 2.24) is 5.16 Å². The zero-order valence-electron chi connectivity index (χ0n) is 15.5. The highest BCUT2D eigenvalue weighted by molar-refractivity contribution is 6.05. The van der Waals surface area contributed by atoms with Crippen LogP contribution >= 0.6 is 0 Å². The second-order valence-electron chi connectivity index (χ2n) is 7.68. The van der Waals surface area contributed by atoms with Crippen LogP contribution in [0, 0.1) is 18.8 Å². The first kappa shape index (κ1) is 16.6. The monoisotopic (exact) mass is 395 g/mol. The molecule has 29 heavy (non-hydrogen) atoms. The fourth-order valence-electron chi connectivity index (χ4n) is 4.67. The summed E-state index contributed by atoms with van der Waals surface area (Å²) in [5.74, 6) is 0.574. The first-order chi connectivity index (χ1) is 14.0. The number of ether oxygens (including phenoxy) is 3. The fraction of sp³-hybridized carbons (Fsp3) is 0.350. The normalized spacial score (nSPS) is 30.9. The van der Waals surface area contributed by atoms with E-state index in [0.29, 0.717) is 35.3 Å². The van der Waals surface area contributed by atoms with Gasteiger partial charge >= 0.3 is 0 Å². The fourth-order valence-corrected chi connectivity index (χ4v) is 4.67. The summed E-state index contributed by atoms with van der Waals surface area (Å²) in [5, 5.41) is 6.84. The van der Waals surface area contributed by atoms with Gasteiger partial charge in [-0.1, -0.05) is 17.3 Å². The molecule has 1 aromatic carbocycles.